The molecule has 0 aliphatic carbocycles. The molecule has 2 amide bonds. The summed E-state index contributed by atoms with van der Waals surface area (Å²) in [5.74, 6) is -0.0834. The fraction of sp³-hybridized carbons (Fsp3) is 0.846. The Hall–Kier alpha value is -1.10. The summed E-state index contributed by atoms with van der Waals surface area (Å²) in [5, 5.41) is 5.46. The van der Waals surface area contributed by atoms with Crippen LogP contribution in [0.2, 0.25) is 0 Å². The van der Waals surface area contributed by atoms with E-state index in [1.807, 2.05) is 27.7 Å². The molecular weight excluding hydrogens is 230 g/mol. The molecule has 2 unspecified atom stereocenters. The van der Waals surface area contributed by atoms with Gasteiger partial charge in [-0.15, -0.1) is 0 Å². The summed E-state index contributed by atoms with van der Waals surface area (Å²) in [7, 11) is 0. The van der Waals surface area contributed by atoms with E-state index >= 15 is 0 Å². The van der Waals surface area contributed by atoms with Crippen molar-refractivity contribution in [1.29, 1.82) is 0 Å². The molecule has 0 rings (SSSR count). The van der Waals surface area contributed by atoms with Crippen LogP contribution in [0.3, 0.4) is 0 Å². The van der Waals surface area contributed by atoms with Gasteiger partial charge in [0.1, 0.15) is 6.04 Å². The van der Waals surface area contributed by atoms with E-state index in [0.717, 1.165) is 6.42 Å². The highest BCUT2D eigenvalue weighted by Gasteiger charge is 2.21. The molecule has 0 bridgehead atoms. The fourth-order valence-corrected chi connectivity index (χ4v) is 1.47. The highest BCUT2D eigenvalue weighted by Crippen LogP contribution is 2.02. The van der Waals surface area contributed by atoms with Crippen LogP contribution in [0.5, 0.6) is 0 Å². The molecule has 0 aromatic carbocycles. The molecule has 0 aromatic rings. The summed E-state index contributed by atoms with van der Waals surface area (Å²) >= 11 is 0. The van der Waals surface area contributed by atoms with E-state index in [9.17, 15) is 9.59 Å². The topological polar surface area (TPSA) is 84.2 Å². The Kier molecular flexibility index (Phi) is 7.59. The SMILES string of the molecule is CCC(C)NC(=O)C(C)NC(=O)[C@@H](N)CC(C)C. The van der Waals surface area contributed by atoms with Crippen molar-refractivity contribution < 1.29 is 9.59 Å². The zero-order valence-corrected chi connectivity index (χ0v) is 12.1. The Morgan fingerprint density at radius 1 is 1.06 bits per heavy atom. The van der Waals surface area contributed by atoms with E-state index in [2.05, 4.69) is 10.6 Å². The van der Waals surface area contributed by atoms with Crippen molar-refractivity contribution in [3.05, 3.63) is 0 Å². The van der Waals surface area contributed by atoms with Crippen molar-refractivity contribution in [2.75, 3.05) is 0 Å². The van der Waals surface area contributed by atoms with E-state index in [-0.39, 0.29) is 17.9 Å². The fourth-order valence-electron chi connectivity index (χ4n) is 1.47. The molecule has 0 spiro atoms. The van der Waals surface area contributed by atoms with Gasteiger partial charge in [0.15, 0.2) is 0 Å². The van der Waals surface area contributed by atoms with Gasteiger partial charge in [0.05, 0.1) is 6.04 Å². The molecule has 0 heterocycles. The molecule has 5 nitrogen and oxygen atoms in total. The quantitative estimate of drug-likeness (QED) is 0.630. The van der Waals surface area contributed by atoms with E-state index in [4.69, 9.17) is 5.73 Å². The van der Waals surface area contributed by atoms with E-state index in [1.54, 1.807) is 6.92 Å². The third-order valence-electron chi connectivity index (χ3n) is 2.82. The first-order valence-corrected chi connectivity index (χ1v) is 6.64. The average molecular weight is 257 g/mol. The number of amides is 2. The number of hydrogen-bond donors (Lipinski definition) is 3. The molecule has 0 aliphatic rings. The van der Waals surface area contributed by atoms with Gasteiger partial charge in [-0.3, -0.25) is 9.59 Å². The van der Waals surface area contributed by atoms with Gasteiger partial charge in [-0.25, -0.2) is 0 Å². The molecule has 0 fully saturated rings. The lowest BCUT2D eigenvalue weighted by molar-refractivity contribution is -0.129. The van der Waals surface area contributed by atoms with Gasteiger partial charge in [0, 0.05) is 6.04 Å². The van der Waals surface area contributed by atoms with Crippen LogP contribution < -0.4 is 16.4 Å². The maximum atomic E-state index is 11.7. The predicted molar refractivity (Wildman–Crippen MR) is 72.9 cm³/mol. The van der Waals surface area contributed by atoms with Crippen LogP contribution in [0.1, 0.15) is 47.5 Å². The van der Waals surface area contributed by atoms with Crippen LogP contribution in [0, 0.1) is 5.92 Å². The standard InChI is InChI=1S/C13H27N3O2/c1-6-9(4)15-12(17)10(5)16-13(18)11(14)7-8(2)3/h8-11H,6-7,14H2,1-5H3,(H,15,17)(H,16,18)/t9?,10?,11-/m0/s1. The second-order valence-electron chi connectivity index (χ2n) is 5.28. The average Bonchev–Trinajstić information content (AvgIpc) is 2.27. The second kappa shape index (κ2) is 8.08. The van der Waals surface area contributed by atoms with Gasteiger partial charge in [0.25, 0.3) is 0 Å². The molecular formula is C13H27N3O2. The lowest BCUT2D eigenvalue weighted by atomic mass is 10.0. The maximum Gasteiger partial charge on any atom is 0.242 e. The van der Waals surface area contributed by atoms with Crippen LogP contribution in [-0.4, -0.2) is 29.9 Å². The maximum absolute atomic E-state index is 11.7. The Labute approximate surface area is 110 Å². The Morgan fingerprint density at radius 3 is 2.06 bits per heavy atom. The number of carbonyl (C=O) groups is 2. The minimum absolute atomic E-state index is 0.112. The van der Waals surface area contributed by atoms with Crippen LogP contribution in [0.4, 0.5) is 0 Å². The van der Waals surface area contributed by atoms with Crippen molar-refractivity contribution in [3.63, 3.8) is 0 Å². The van der Waals surface area contributed by atoms with Gasteiger partial charge < -0.3 is 16.4 Å². The summed E-state index contributed by atoms with van der Waals surface area (Å²) in [6, 6.07) is -0.991. The van der Waals surface area contributed by atoms with Crippen LogP contribution in [0.25, 0.3) is 0 Å². The Morgan fingerprint density at radius 2 is 1.61 bits per heavy atom. The smallest absolute Gasteiger partial charge is 0.242 e. The zero-order chi connectivity index (χ0) is 14.3. The van der Waals surface area contributed by atoms with E-state index in [1.165, 1.54) is 0 Å². The van der Waals surface area contributed by atoms with Gasteiger partial charge in [-0.1, -0.05) is 20.8 Å². The minimum Gasteiger partial charge on any atom is -0.352 e. The van der Waals surface area contributed by atoms with Gasteiger partial charge in [-0.2, -0.15) is 0 Å². The number of hydrogen-bond acceptors (Lipinski definition) is 3. The lowest BCUT2D eigenvalue weighted by Gasteiger charge is -2.20. The summed E-state index contributed by atoms with van der Waals surface area (Å²) in [5.41, 5.74) is 5.75. The van der Waals surface area contributed by atoms with Crippen LogP contribution >= 0.6 is 0 Å². The molecule has 0 aromatic heterocycles. The van der Waals surface area contributed by atoms with Crippen molar-refractivity contribution in [1.82, 2.24) is 10.6 Å². The first-order chi connectivity index (χ1) is 8.27. The first kappa shape index (κ1) is 16.9. The van der Waals surface area contributed by atoms with E-state index in [0.29, 0.717) is 12.3 Å². The van der Waals surface area contributed by atoms with Crippen LogP contribution in [0.15, 0.2) is 0 Å². The van der Waals surface area contributed by atoms with Crippen molar-refractivity contribution in [2.24, 2.45) is 11.7 Å². The molecule has 106 valence electrons. The minimum atomic E-state index is -0.552. The number of carbonyl (C=O) groups excluding carboxylic acids is 2. The lowest BCUT2D eigenvalue weighted by Crippen LogP contribution is -2.51. The molecule has 0 aliphatic heterocycles. The molecule has 18 heavy (non-hydrogen) atoms. The molecule has 0 saturated carbocycles. The number of rotatable bonds is 7. The number of nitrogens with one attached hydrogen (secondary N) is 2. The largest absolute Gasteiger partial charge is 0.352 e. The predicted octanol–water partition coefficient (Wildman–Crippen LogP) is 0.779. The van der Waals surface area contributed by atoms with Gasteiger partial charge in [0.2, 0.25) is 11.8 Å². The molecule has 5 heteroatoms. The zero-order valence-electron chi connectivity index (χ0n) is 12.1. The van der Waals surface area contributed by atoms with Crippen molar-refractivity contribution in [3.8, 4) is 0 Å². The van der Waals surface area contributed by atoms with Gasteiger partial charge in [-0.05, 0) is 32.6 Å². The highest BCUT2D eigenvalue weighted by molar-refractivity contribution is 5.89. The first-order valence-electron chi connectivity index (χ1n) is 6.64. The molecule has 4 N–H and O–H groups in total. The normalized spacial score (nSPS) is 15.9. The summed E-state index contributed by atoms with van der Waals surface area (Å²) in [6.07, 6.45) is 1.48. The highest BCUT2D eigenvalue weighted by atomic mass is 16.2. The van der Waals surface area contributed by atoms with Crippen molar-refractivity contribution >= 4 is 11.8 Å². The summed E-state index contributed by atoms with van der Waals surface area (Å²) in [6.45, 7) is 9.60. The monoisotopic (exact) mass is 257 g/mol. The molecule has 0 saturated heterocycles. The van der Waals surface area contributed by atoms with Gasteiger partial charge >= 0.3 is 0 Å². The summed E-state index contributed by atoms with van der Waals surface area (Å²) < 4.78 is 0. The molecule has 0 radical (unpaired) electrons. The van der Waals surface area contributed by atoms with Crippen molar-refractivity contribution in [2.45, 2.75) is 65.6 Å². The third kappa shape index (κ3) is 6.59. The third-order valence-corrected chi connectivity index (χ3v) is 2.82. The second-order valence-corrected chi connectivity index (χ2v) is 5.28. The summed E-state index contributed by atoms with van der Waals surface area (Å²) in [4.78, 5) is 23.5. The molecule has 3 atom stereocenters. The van der Waals surface area contributed by atoms with E-state index < -0.39 is 12.1 Å². The number of nitrogens with two attached hydrogens (primary N) is 1. The van der Waals surface area contributed by atoms with Crippen LogP contribution in [-0.2, 0) is 9.59 Å². The Bertz CT molecular complexity index is 279. The Balaban J connectivity index is 4.17.